The van der Waals surface area contributed by atoms with Crippen molar-refractivity contribution in [3.63, 3.8) is 0 Å². The maximum atomic E-state index is 14.6. The van der Waals surface area contributed by atoms with Gasteiger partial charge in [-0.2, -0.15) is 5.26 Å². The molecule has 4 unspecified atom stereocenters. The number of amides is 2. The average Bonchev–Trinajstić information content (AvgIpc) is 3.63. The van der Waals surface area contributed by atoms with Crippen LogP contribution in [0.3, 0.4) is 0 Å². The fraction of sp³-hybridized carbons (Fsp3) is 0.355. The molecule has 1 N–H and O–H groups in total. The number of rotatable bonds is 8. The summed E-state index contributed by atoms with van der Waals surface area (Å²) in [5.41, 5.74) is 2.13. The molecular formula is C31H28F3N5O3. The minimum atomic E-state index is -2.82. The van der Waals surface area contributed by atoms with Crippen LogP contribution in [-0.4, -0.2) is 47.1 Å². The van der Waals surface area contributed by atoms with Gasteiger partial charge in [0.2, 0.25) is 11.8 Å². The predicted molar refractivity (Wildman–Crippen MR) is 147 cm³/mol. The maximum absolute atomic E-state index is 14.6. The minimum Gasteiger partial charge on any atom is -0.351 e. The van der Waals surface area contributed by atoms with Crippen LogP contribution in [0.15, 0.2) is 66.9 Å². The standard InChI is InChI=1S/C31H28F3N5O3/c1-18-5-2-3-8-23(18)27(29(41)37-21-14-31(33,34)15-21)38(22-7-4-6-20(32)13-22)30-28(42-30)24-10-12-26(40)39(24)25-11-9-19(16-35)17-36-25/h2-9,11,13,17,21,24,27-28,30H,10,12,14-15H2,1H3,(H,37,41). The Labute approximate surface area is 240 Å². The number of anilines is 2. The fourth-order valence-electron chi connectivity index (χ4n) is 5.96. The van der Waals surface area contributed by atoms with Crippen molar-refractivity contribution in [2.24, 2.45) is 0 Å². The molecule has 2 aromatic carbocycles. The highest BCUT2D eigenvalue weighted by Crippen LogP contribution is 2.45. The van der Waals surface area contributed by atoms with Gasteiger partial charge >= 0.3 is 0 Å². The molecule has 0 bridgehead atoms. The summed E-state index contributed by atoms with van der Waals surface area (Å²) in [7, 11) is 0. The number of carbonyl (C=O) groups is 2. The van der Waals surface area contributed by atoms with Gasteiger partial charge in [-0.25, -0.2) is 18.2 Å². The van der Waals surface area contributed by atoms with Gasteiger partial charge in [0.25, 0.3) is 5.92 Å². The first-order valence-electron chi connectivity index (χ1n) is 13.8. The molecule has 3 heterocycles. The zero-order valence-corrected chi connectivity index (χ0v) is 22.7. The summed E-state index contributed by atoms with van der Waals surface area (Å²) in [6.07, 6.45) is -0.0544. The van der Waals surface area contributed by atoms with Crippen molar-refractivity contribution in [1.29, 1.82) is 5.26 Å². The highest BCUT2D eigenvalue weighted by atomic mass is 19.3. The normalized spacial score (nSPS) is 23.5. The van der Waals surface area contributed by atoms with Crippen LogP contribution in [0.1, 0.15) is 48.4 Å². The molecule has 42 heavy (non-hydrogen) atoms. The van der Waals surface area contributed by atoms with Gasteiger partial charge in [0.05, 0.1) is 11.6 Å². The lowest BCUT2D eigenvalue weighted by Crippen LogP contribution is -2.54. The third-order valence-corrected chi connectivity index (χ3v) is 8.08. The number of alkyl halides is 2. The molecule has 0 radical (unpaired) electrons. The van der Waals surface area contributed by atoms with Crippen molar-refractivity contribution >= 4 is 23.3 Å². The van der Waals surface area contributed by atoms with Crippen molar-refractivity contribution in [2.75, 3.05) is 9.80 Å². The Bertz CT molecular complexity index is 1550. The summed E-state index contributed by atoms with van der Waals surface area (Å²) in [4.78, 5) is 34.4. The van der Waals surface area contributed by atoms with Gasteiger partial charge in [-0.1, -0.05) is 30.3 Å². The summed E-state index contributed by atoms with van der Waals surface area (Å²) in [5.74, 6) is -3.61. The second kappa shape index (κ2) is 10.8. The molecule has 2 saturated heterocycles. The Balaban J connectivity index is 1.36. The average molecular weight is 576 g/mol. The molecule has 216 valence electrons. The van der Waals surface area contributed by atoms with E-state index in [2.05, 4.69) is 10.3 Å². The number of nitriles is 1. The van der Waals surface area contributed by atoms with Crippen molar-refractivity contribution in [3.05, 3.63) is 89.4 Å². The van der Waals surface area contributed by atoms with E-state index in [0.717, 1.165) is 5.56 Å². The van der Waals surface area contributed by atoms with Crippen molar-refractivity contribution in [1.82, 2.24) is 10.3 Å². The van der Waals surface area contributed by atoms with Gasteiger partial charge in [0.1, 0.15) is 29.9 Å². The molecule has 11 heteroatoms. The predicted octanol–water partition coefficient (Wildman–Crippen LogP) is 4.78. The third kappa shape index (κ3) is 5.30. The Morgan fingerprint density at radius 1 is 1.19 bits per heavy atom. The van der Waals surface area contributed by atoms with Crippen LogP contribution in [0, 0.1) is 24.1 Å². The van der Waals surface area contributed by atoms with E-state index in [1.165, 1.54) is 24.4 Å². The number of benzene rings is 2. The number of ether oxygens (including phenoxy) is 1. The maximum Gasteiger partial charge on any atom is 0.252 e. The molecule has 1 aliphatic carbocycles. The number of pyridine rings is 1. The number of hydrogen-bond donors (Lipinski definition) is 1. The molecule has 2 aliphatic heterocycles. The molecular weight excluding hydrogens is 547 g/mol. The SMILES string of the molecule is Cc1ccccc1C(C(=O)NC1CC(F)(F)C1)N(c1cccc(F)c1)C1OC1C1CCC(=O)N1c1ccc(C#N)cn1. The quantitative estimate of drug-likeness (QED) is 0.388. The first-order valence-corrected chi connectivity index (χ1v) is 13.8. The first-order chi connectivity index (χ1) is 20.1. The van der Waals surface area contributed by atoms with Gasteiger partial charge in [-0.3, -0.25) is 14.5 Å². The highest BCUT2D eigenvalue weighted by molar-refractivity contribution is 5.95. The first kappa shape index (κ1) is 27.7. The molecule has 3 aromatic rings. The van der Waals surface area contributed by atoms with Gasteiger partial charge < -0.3 is 15.0 Å². The Morgan fingerprint density at radius 3 is 2.64 bits per heavy atom. The number of carbonyl (C=O) groups excluding carboxylic acids is 2. The molecule has 1 saturated carbocycles. The summed E-state index contributed by atoms with van der Waals surface area (Å²) >= 11 is 0. The van der Waals surface area contributed by atoms with Gasteiger partial charge in [0.15, 0.2) is 6.23 Å². The van der Waals surface area contributed by atoms with Crippen LogP contribution in [0.2, 0.25) is 0 Å². The van der Waals surface area contributed by atoms with Crippen LogP contribution in [-0.2, 0) is 14.3 Å². The number of hydrogen-bond acceptors (Lipinski definition) is 6. The topological polar surface area (TPSA) is 102 Å². The zero-order chi connectivity index (χ0) is 29.6. The molecule has 8 nitrogen and oxygen atoms in total. The molecule has 4 atom stereocenters. The smallest absolute Gasteiger partial charge is 0.252 e. The van der Waals surface area contributed by atoms with E-state index in [-0.39, 0.29) is 12.3 Å². The second-order valence-electron chi connectivity index (χ2n) is 11.0. The largest absolute Gasteiger partial charge is 0.351 e. The van der Waals surface area contributed by atoms with Crippen LogP contribution >= 0.6 is 0 Å². The van der Waals surface area contributed by atoms with Crippen molar-refractivity contribution in [3.8, 4) is 6.07 Å². The van der Waals surface area contributed by atoms with Crippen LogP contribution < -0.4 is 15.1 Å². The van der Waals surface area contributed by atoms with E-state index in [1.807, 2.05) is 25.1 Å². The van der Waals surface area contributed by atoms with E-state index >= 15 is 0 Å². The molecule has 6 rings (SSSR count). The van der Waals surface area contributed by atoms with E-state index in [9.17, 15) is 22.8 Å². The molecule has 2 amide bonds. The Hall–Kier alpha value is -4.43. The summed E-state index contributed by atoms with van der Waals surface area (Å²) < 4.78 is 48.0. The molecule has 1 aromatic heterocycles. The zero-order valence-electron chi connectivity index (χ0n) is 22.7. The Morgan fingerprint density at radius 2 is 1.98 bits per heavy atom. The molecule has 0 spiro atoms. The van der Waals surface area contributed by atoms with Crippen LogP contribution in [0.5, 0.6) is 0 Å². The van der Waals surface area contributed by atoms with Crippen molar-refractivity contribution < 1.29 is 27.5 Å². The van der Waals surface area contributed by atoms with E-state index < -0.39 is 60.9 Å². The van der Waals surface area contributed by atoms with Gasteiger partial charge in [-0.05, 0) is 54.8 Å². The number of nitrogens with zero attached hydrogens (tertiary/aromatic N) is 4. The fourth-order valence-corrected chi connectivity index (χ4v) is 5.96. The number of aromatic nitrogens is 1. The minimum absolute atomic E-state index is 0.150. The van der Waals surface area contributed by atoms with Gasteiger partial charge in [-0.15, -0.1) is 0 Å². The summed E-state index contributed by atoms with van der Waals surface area (Å²) in [6.45, 7) is 1.84. The lowest BCUT2D eigenvalue weighted by molar-refractivity contribution is -0.130. The third-order valence-electron chi connectivity index (χ3n) is 8.08. The van der Waals surface area contributed by atoms with Crippen molar-refractivity contribution in [2.45, 2.75) is 69.0 Å². The second-order valence-corrected chi connectivity index (χ2v) is 11.0. The number of aryl methyl sites for hydroxylation is 1. The molecule has 3 fully saturated rings. The monoisotopic (exact) mass is 575 g/mol. The van der Waals surface area contributed by atoms with E-state index in [1.54, 1.807) is 40.1 Å². The van der Waals surface area contributed by atoms with E-state index in [0.29, 0.717) is 29.1 Å². The highest BCUT2D eigenvalue weighted by Gasteiger charge is 2.57. The van der Waals surface area contributed by atoms with E-state index in [4.69, 9.17) is 10.00 Å². The lowest BCUT2D eigenvalue weighted by atomic mass is 9.87. The number of halogens is 3. The number of nitrogens with one attached hydrogen (secondary N) is 1. The summed E-state index contributed by atoms with van der Waals surface area (Å²) in [6, 6.07) is 16.1. The van der Waals surface area contributed by atoms with Crippen LogP contribution in [0.25, 0.3) is 0 Å². The van der Waals surface area contributed by atoms with Crippen LogP contribution in [0.4, 0.5) is 24.7 Å². The lowest BCUT2D eigenvalue weighted by Gasteiger charge is -2.38. The summed E-state index contributed by atoms with van der Waals surface area (Å²) in [5, 5.41) is 11.9. The number of epoxide rings is 1. The van der Waals surface area contributed by atoms with Gasteiger partial charge in [0, 0.05) is 37.2 Å². The molecule has 3 aliphatic rings. The Kier molecular flexibility index (Phi) is 7.10.